The van der Waals surface area contributed by atoms with Gasteiger partial charge >= 0.3 is 0 Å². The number of nitrogens with two attached hydrogens (primary N) is 1. The number of aromatic nitrogens is 2. The van der Waals surface area contributed by atoms with Gasteiger partial charge in [-0.25, -0.2) is 0 Å². The third kappa shape index (κ3) is 6.47. The molecule has 2 heterocycles. The first-order chi connectivity index (χ1) is 13.5. The van der Waals surface area contributed by atoms with Crippen molar-refractivity contribution in [1.29, 1.82) is 0 Å². The van der Waals surface area contributed by atoms with Crippen LogP contribution in [-0.4, -0.2) is 57.0 Å². The van der Waals surface area contributed by atoms with Crippen LogP contribution in [0.1, 0.15) is 18.9 Å². The number of hydrogen-bond acceptors (Lipinski definition) is 8. The number of nitrogens with zero attached hydrogens (tertiary/aromatic N) is 3. The van der Waals surface area contributed by atoms with Gasteiger partial charge < -0.3 is 11.1 Å². The van der Waals surface area contributed by atoms with Gasteiger partial charge in [0.25, 0.3) is 0 Å². The topological polar surface area (TPSA) is 101 Å². The molecule has 2 atom stereocenters. The van der Waals surface area contributed by atoms with Crippen LogP contribution in [-0.2, 0) is 16.1 Å². The first-order valence-electron chi connectivity index (χ1n) is 8.97. The van der Waals surface area contributed by atoms with E-state index in [-0.39, 0.29) is 28.9 Å². The third-order valence-electron chi connectivity index (χ3n) is 4.24. The Hall–Kier alpha value is -1.62. The second-order valence-electron chi connectivity index (χ2n) is 6.56. The first-order valence-corrected chi connectivity index (χ1v) is 11.7. The van der Waals surface area contributed by atoms with Crippen LogP contribution in [0.15, 0.2) is 39.0 Å². The van der Waals surface area contributed by atoms with Gasteiger partial charge in [-0.15, -0.1) is 10.2 Å². The van der Waals surface area contributed by atoms with E-state index in [1.165, 1.54) is 40.4 Å². The summed E-state index contributed by atoms with van der Waals surface area (Å²) < 4.78 is 1.40. The smallest absolute Gasteiger partial charge is 0.233 e. The Balaban J connectivity index is 1.42. The van der Waals surface area contributed by atoms with E-state index in [1.807, 2.05) is 13.0 Å². The zero-order chi connectivity index (χ0) is 19.9. The van der Waals surface area contributed by atoms with E-state index in [9.17, 15) is 9.59 Å². The maximum Gasteiger partial charge on any atom is 0.233 e. The SMILES string of the molecule is C[C@H](Sc1nnc(SCC(N)=O)s1)C(=O)N[C@@H]1CCN(Cc2ccccc2)C1. The second-order valence-corrected chi connectivity index (χ2v) is 10.4. The molecule has 2 aromatic rings. The molecule has 150 valence electrons. The fraction of sp³-hybridized carbons (Fsp3) is 0.444. The summed E-state index contributed by atoms with van der Waals surface area (Å²) in [6, 6.07) is 10.6. The molecule has 28 heavy (non-hydrogen) atoms. The lowest BCUT2D eigenvalue weighted by Gasteiger charge is -2.18. The number of benzene rings is 1. The highest BCUT2D eigenvalue weighted by Gasteiger charge is 2.26. The lowest BCUT2D eigenvalue weighted by molar-refractivity contribution is -0.121. The van der Waals surface area contributed by atoms with E-state index in [1.54, 1.807) is 0 Å². The maximum absolute atomic E-state index is 12.5. The summed E-state index contributed by atoms with van der Waals surface area (Å²) in [6.07, 6.45) is 0.961. The number of primary amides is 1. The Morgan fingerprint density at radius 2 is 2.07 bits per heavy atom. The van der Waals surface area contributed by atoms with Crippen molar-refractivity contribution in [1.82, 2.24) is 20.4 Å². The van der Waals surface area contributed by atoms with Gasteiger partial charge in [-0.2, -0.15) is 0 Å². The van der Waals surface area contributed by atoms with Crippen LogP contribution in [0.2, 0.25) is 0 Å². The monoisotopic (exact) mass is 437 g/mol. The minimum absolute atomic E-state index is 0.0121. The quantitative estimate of drug-likeness (QED) is 0.579. The van der Waals surface area contributed by atoms with Gasteiger partial charge in [0.2, 0.25) is 11.8 Å². The number of rotatable bonds is 9. The van der Waals surface area contributed by atoms with Gasteiger partial charge in [-0.05, 0) is 18.9 Å². The summed E-state index contributed by atoms with van der Waals surface area (Å²) in [7, 11) is 0. The van der Waals surface area contributed by atoms with E-state index in [4.69, 9.17) is 5.73 Å². The fourth-order valence-electron chi connectivity index (χ4n) is 2.89. The van der Waals surface area contributed by atoms with Crippen molar-refractivity contribution in [2.24, 2.45) is 5.73 Å². The largest absolute Gasteiger partial charge is 0.369 e. The molecule has 10 heteroatoms. The minimum atomic E-state index is -0.389. The Kier molecular flexibility index (Phi) is 7.72. The van der Waals surface area contributed by atoms with Crippen molar-refractivity contribution in [3.63, 3.8) is 0 Å². The lowest BCUT2D eigenvalue weighted by atomic mass is 10.2. The average Bonchev–Trinajstić information content (AvgIpc) is 3.30. The Morgan fingerprint density at radius 1 is 1.32 bits per heavy atom. The van der Waals surface area contributed by atoms with E-state index >= 15 is 0 Å². The summed E-state index contributed by atoms with van der Waals surface area (Å²) in [5.41, 5.74) is 6.42. The van der Waals surface area contributed by atoms with Crippen LogP contribution in [0.3, 0.4) is 0 Å². The molecule has 1 aromatic carbocycles. The molecule has 1 fully saturated rings. The van der Waals surface area contributed by atoms with Gasteiger partial charge in [0.1, 0.15) is 0 Å². The molecule has 0 spiro atoms. The molecule has 1 aliphatic heterocycles. The number of hydrogen-bond donors (Lipinski definition) is 2. The van der Waals surface area contributed by atoms with Gasteiger partial charge in [-0.1, -0.05) is 65.2 Å². The summed E-state index contributed by atoms with van der Waals surface area (Å²) in [4.78, 5) is 25.7. The lowest BCUT2D eigenvalue weighted by Crippen LogP contribution is -2.40. The third-order valence-corrected chi connectivity index (χ3v) is 7.50. The van der Waals surface area contributed by atoms with Crippen LogP contribution in [0.4, 0.5) is 0 Å². The van der Waals surface area contributed by atoms with Crippen LogP contribution < -0.4 is 11.1 Å². The Labute approximate surface area is 176 Å². The molecule has 1 aliphatic rings. The van der Waals surface area contributed by atoms with Crippen molar-refractivity contribution in [3.8, 4) is 0 Å². The standard InChI is InChI=1S/C18H23N5O2S3/c1-12(27-18-22-21-17(28-18)26-11-15(19)24)16(25)20-14-7-8-23(10-14)9-13-5-3-2-4-6-13/h2-6,12,14H,7-11H2,1H3,(H2,19,24)(H,20,25)/t12-,14+/m0/s1. The van der Waals surface area contributed by atoms with Crippen molar-refractivity contribution >= 4 is 46.7 Å². The van der Waals surface area contributed by atoms with E-state index in [0.717, 1.165) is 26.1 Å². The molecule has 3 N–H and O–H groups in total. The van der Waals surface area contributed by atoms with Crippen LogP contribution in [0.25, 0.3) is 0 Å². The van der Waals surface area contributed by atoms with Gasteiger partial charge in [0.15, 0.2) is 8.68 Å². The van der Waals surface area contributed by atoms with Gasteiger partial charge in [0.05, 0.1) is 11.0 Å². The highest BCUT2D eigenvalue weighted by molar-refractivity contribution is 8.04. The number of thioether (sulfide) groups is 2. The normalized spacial score (nSPS) is 18.1. The number of likely N-dealkylation sites (tertiary alicyclic amines) is 1. The highest BCUT2D eigenvalue weighted by atomic mass is 32.2. The van der Waals surface area contributed by atoms with E-state index in [0.29, 0.717) is 8.68 Å². The van der Waals surface area contributed by atoms with Crippen molar-refractivity contribution < 1.29 is 9.59 Å². The molecule has 2 amide bonds. The molecular formula is C18H23N5O2S3. The number of carbonyl (C=O) groups excluding carboxylic acids is 2. The Morgan fingerprint density at radius 3 is 2.82 bits per heavy atom. The van der Waals surface area contributed by atoms with E-state index in [2.05, 4.69) is 44.7 Å². The second kappa shape index (κ2) is 10.2. The molecule has 0 aliphatic carbocycles. The molecule has 0 unspecified atom stereocenters. The maximum atomic E-state index is 12.5. The number of nitrogens with one attached hydrogen (secondary N) is 1. The number of carbonyl (C=O) groups is 2. The predicted molar refractivity (Wildman–Crippen MR) is 113 cm³/mol. The number of amides is 2. The fourth-order valence-corrected chi connectivity index (χ4v) is 5.81. The summed E-state index contributed by atoms with van der Waals surface area (Å²) in [5.74, 6) is -0.200. The molecule has 0 radical (unpaired) electrons. The molecule has 7 nitrogen and oxygen atoms in total. The molecule has 0 saturated carbocycles. The van der Waals surface area contributed by atoms with Crippen LogP contribution in [0.5, 0.6) is 0 Å². The van der Waals surface area contributed by atoms with E-state index < -0.39 is 0 Å². The summed E-state index contributed by atoms with van der Waals surface area (Å²) >= 11 is 4.02. The zero-order valence-electron chi connectivity index (χ0n) is 15.5. The zero-order valence-corrected chi connectivity index (χ0v) is 18.0. The molecule has 3 rings (SSSR count). The average molecular weight is 438 g/mol. The molecular weight excluding hydrogens is 414 g/mol. The Bertz CT molecular complexity index is 802. The molecule has 0 bridgehead atoms. The minimum Gasteiger partial charge on any atom is -0.369 e. The van der Waals surface area contributed by atoms with Gasteiger partial charge in [-0.3, -0.25) is 14.5 Å². The molecule has 1 saturated heterocycles. The van der Waals surface area contributed by atoms with Crippen molar-refractivity contribution in [2.75, 3.05) is 18.8 Å². The van der Waals surface area contributed by atoms with Crippen molar-refractivity contribution in [3.05, 3.63) is 35.9 Å². The molecule has 1 aromatic heterocycles. The first kappa shape index (κ1) is 21.1. The highest BCUT2D eigenvalue weighted by Crippen LogP contribution is 2.31. The van der Waals surface area contributed by atoms with Crippen LogP contribution >= 0.6 is 34.9 Å². The van der Waals surface area contributed by atoms with Crippen molar-refractivity contribution in [2.45, 2.75) is 39.9 Å². The predicted octanol–water partition coefficient (Wildman–Crippen LogP) is 1.99. The summed E-state index contributed by atoms with van der Waals surface area (Å²) in [5, 5.41) is 11.0. The van der Waals surface area contributed by atoms with Crippen LogP contribution in [0, 0.1) is 0 Å². The summed E-state index contributed by atoms with van der Waals surface area (Å²) in [6.45, 7) is 4.63. The van der Waals surface area contributed by atoms with Gasteiger partial charge in [0, 0.05) is 25.7 Å².